The van der Waals surface area contributed by atoms with Crippen LogP contribution in [0.25, 0.3) is 0 Å². The Bertz CT molecular complexity index is 184. The molecular formula is C9H19N3O. The second-order valence-electron chi connectivity index (χ2n) is 3.48. The molecule has 1 rings (SSSR count). The zero-order valence-electron chi connectivity index (χ0n) is 8.49. The van der Waals surface area contributed by atoms with Gasteiger partial charge in [-0.15, -0.1) is 0 Å². The normalized spacial score (nSPS) is 23.2. The molecule has 1 atom stereocenters. The van der Waals surface area contributed by atoms with Crippen molar-refractivity contribution in [3.05, 3.63) is 0 Å². The first-order valence-corrected chi connectivity index (χ1v) is 4.89. The summed E-state index contributed by atoms with van der Waals surface area (Å²) < 4.78 is 0. The van der Waals surface area contributed by atoms with E-state index in [1.54, 1.807) is 4.90 Å². The van der Waals surface area contributed by atoms with Crippen LogP contribution >= 0.6 is 0 Å². The van der Waals surface area contributed by atoms with Crippen LogP contribution in [0.2, 0.25) is 0 Å². The lowest BCUT2D eigenvalue weighted by Gasteiger charge is -2.25. The Morgan fingerprint density at radius 3 is 2.77 bits per heavy atom. The quantitative estimate of drug-likeness (QED) is 0.642. The SMILES string of the molecule is CCN(CCN)C1CCN(C)C1=O. The highest BCUT2D eigenvalue weighted by Gasteiger charge is 2.32. The topological polar surface area (TPSA) is 49.6 Å². The van der Waals surface area contributed by atoms with E-state index in [0.29, 0.717) is 6.54 Å². The molecule has 76 valence electrons. The third-order valence-electron chi connectivity index (χ3n) is 2.66. The Balaban J connectivity index is 2.54. The van der Waals surface area contributed by atoms with E-state index in [9.17, 15) is 4.79 Å². The summed E-state index contributed by atoms with van der Waals surface area (Å²) >= 11 is 0. The van der Waals surface area contributed by atoms with Crippen LogP contribution in [0.3, 0.4) is 0 Å². The Morgan fingerprint density at radius 1 is 1.69 bits per heavy atom. The summed E-state index contributed by atoms with van der Waals surface area (Å²) in [6.07, 6.45) is 0.948. The predicted octanol–water partition coefficient (Wildman–Crippen LogP) is -0.502. The van der Waals surface area contributed by atoms with Crippen molar-refractivity contribution in [3.8, 4) is 0 Å². The van der Waals surface area contributed by atoms with Gasteiger partial charge in [-0.05, 0) is 13.0 Å². The summed E-state index contributed by atoms with van der Waals surface area (Å²) in [7, 11) is 1.86. The van der Waals surface area contributed by atoms with Crippen LogP contribution in [0.4, 0.5) is 0 Å². The first-order chi connectivity index (χ1) is 6.20. The Labute approximate surface area is 79.7 Å². The van der Waals surface area contributed by atoms with Crippen LogP contribution in [0.5, 0.6) is 0 Å². The molecule has 1 fully saturated rings. The fourth-order valence-corrected chi connectivity index (χ4v) is 1.84. The molecule has 0 aromatic carbocycles. The molecule has 1 amide bonds. The minimum absolute atomic E-state index is 0.0820. The lowest BCUT2D eigenvalue weighted by molar-refractivity contribution is -0.130. The Hall–Kier alpha value is -0.610. The first-order valence-electron chi connectivity index (χ1n) is 4.89. The Kier molecular flexibility index (Phi) is 3.69. The number of nitrogens with zero attached hydrogens (tertiary/aromatic N) is 2. The lowest BCUT2D eigenvalue weighted by Crippen LogP contribution is -2.43. The maximum Gasteiger partial charge on any atom is 0.239 e. The molecule has 0 aromatic heterocycles. The monoisotopic (exact) mass is 185 g/mol. The van der Waals surface area contributed by atoms with Crippen LogP contribution in [-0.2, 0) is 4.79 Å². The fraction of sp³-hybridized carbons (Fsp3) is 0.889. The highest BCUT2D eigenvalue weighted by atomic mass is 16.2. The zero-order valence-corrected chi connectivity index (χ0v) is 8.49. The van der Waals surface area contributed by atoms with Gasteiger partial charge >= 0.3 is 0 Å². The van der Waals surface area contributed by atoms with E-state index in [4.69, 9.17) is 5.73 Å². The van der Waals surface area contributed by atoms with E-state index in [0.717, 1.165) is 26.1 Å². The van der Waals surface area contributed by atoms with Gasteiger partial charge in [0, 0.05) is 26.7 Å². The van der Waals surface area contributed by atoms with E-state index < -0.39 is 0 Å². The van der Waals surface area contributed by atoms with Crippen LogP contribution in [-0.4, -0.2) is 55.0 Å². The van der Waals surface area contributed by atoms with Gasteiger partial charge in [-0.25, -0.2) is 0 Å². The molecule has 0 radical (unpaired) electrons. The number of likely N-dealkylation sites (tertiary alicyclic amines) is 1. The van der Waals surface area contributed by atoms with Gasteiger partial charge in [0.1, 0.15) is 0 Å². The molecule has 2 N–H and O–H groups in total. The van der Waals surface area contributed by atoms with E-state index in [-0.39, 0.29) is 11.9 Å². The van der Waals surface area contributed by atoms with Crippen molar-refractivity contribution in [3.63, 3.8) is 0 Å². The number of carbonyl (C=O) groups excluding carboxylic acids is 1. The summed E-state index contributed by atoms with van der Waals surface area (Å²) in [5, 5.41) is 0. The third-order valence-corrected chi connectivity index (χ3v) is 2.66. The second kappa shape index (κ2) is 4.58. The van der Waals surface area contributed by atoms with E-state index >= 15 is 0 Å². The van der Waals surface area contributed by atoms with Crippen molar-refractivity contribution in [2.45, 2.75) is 19.4 Å². The number of hydrogen-bond acceptors (Lipinski definition) is 3. The molecular weight excluding hydrogens is 166 g/mol. The largest absolute Gasteiger partial charge is 0.344 e. The van der Waals surface area contributed by atoms with Gasteiger partial charge in [0.05, 0.1) is 6.04 Å². The number of rotatable bonds is 4. The summed E-state index contributed by atoms with van der Waals surface area (Å²) in [6.45, 7) is 5.30. The molecule has 1 unspecified atom stereocenters. The molecule has 0 spiro atoms. The van der Waals surface area contributed by atoms with Crippen molar-refractivity contribution < 1.29 is 4.79 Å². The standard InChI is InChI=1S/C9H19N3O/c1-3-12(7-5-10)8-4-6-11(2)9(8)13/h8H,3-7,10H2,1-2H3. The maximum absolute atomic E-state index is 11.6. The molecule has 1 saturated heterocycles. The van der Waals surface area contributed by atoms with Crippen LogP contribution in [0.15, 0.2) is 0 Å². The van der Waals surface area contributed by atoms with Gasteiger partial charge in [-0.2, -0.15) is 0 Å². The highest BCUT2D eigenvalue weighted by molar-refractivity contribution is 5.83. The minimum atomic E-state index is 0.0820. The van der Waals surface area contributed by atoms with Crippen LogP contribution in [0, 0.1) is 0 Å². The lowest BCUT2D eigenvalue weighted by atomic mass is 10.2. The zero-order chi connectivity index (χ0) is 9.84. The van der Waals surface area contributed by atoms with Gasteiger partial charge in [0.25, 0.3) is 0 Å². The number of amides is 1. The number of likely N-dealkylation sites (N-methyl/N-ethyl adjacent to an activating group) is 2. The molecule has 4 nitrogen and oxygen atoms in total. The second-order valence-corrected chi connectivity index (χ2v) is 3.48. The smallest absolute Gasteiger partial charge is 0.239 e. The van der Waals surface area contributed by atoms with E-state index in [1.807, 2.05) is 7.05 Å². The highest BCUT2D eigenvalue weighted by Crippen LogP contribution is 2.14. The van der Waals surface area contributed by atoms with Crippen molar-refractivity contribution in [1.29, 1.82) is 0 Å². The van der Waals surface area contributed by atoms with Gasteiger partial charge in [0.15, 0.2) is 0 Å². The van der Waals surface area contributed by atoms with E-state index in [2.05, 4.69) is 11.8 Å². The molecule has 1 aliphatic heterocycles. The molecule has 0 aliphatic carbocycles. The Morgan fingerprint density at radius 2 is 2.38 bits per heavy atom. The maximum atomic E-state index is 11.6. The van der Waals surface area contributed by atoms with Crippen LogP contribution < -0.4 is 5.73 Å². The third kappa shape index (κ3) is 2.19. The van der Waals surface area contributed by atoms with E-state index in [1.165, 1.54) is 0 Å². The minimum Gasteiger partial charge on any atom is -0.344 e. The van der Waals surface area contributed by atoms with Crippen molar-refractivity contribution in [2.24, 2.45) is 5.73 Å². The summed E-state index contributed by atoms with van der Waals surface area (Å²) in [6, 6.07) is 0.0820. The molecule has 0 bridgehead atoms. The predicted molar refractivity (Wildman–Crippen MR) is 52.3 cm³/mol. The molecule has 0 saturated carbocycles. The van der Waals surface area contributed by atoms with Gasteiger partial charge in [0.2, 0.25) is 5.91 Å². The number of nitrogens with two attached hydrogens (primary N) is 1. The summed E-state index contributed by atoms with van der Waals surface area (Å²) in [5.74, 6) is 0.246. The van der Waals surface area contributed by atoms with Gasteiger partial charge in [-0.3, -0.25) is 9.69 Å². The first kappa shape index (κ1) is 10.5. The average Bonchev–Trinajstić information content (AvgIpc) is 2.45. The van der Waals surface area contributed by atoms with Gasteiger partial charge < -0.3 is 10.6 Å². The number of hydrogen-bond donors (Lipinski definition) is 1. The fourth-order valence-electron chi connectivity index (χ4n) is 1.84. The number of carbonyl (C=O) groups is 1. The summed E-state index contributed by atoms with van der Waals surface area (Å²) in [4.78, 5) is 15.6. The van der Waals surface area contributed by atoms with Crippen molar-refractivity contribution in [2.75, 3.05) is 33.2 Å². The summed E-state index contributed by atoms with van der Waals surface area (Å²) in [5.41, 5.74) is 5.49. The average molecular weight is 185 g/mol. The molecule has 13 heavy (non-hydrogen) atoms. The molecule has 1 heterocycles. The molecule has 4 heteroatoms. The molecule has 0 aromatic rings. The van der Waals surface area contributed by atoms with Crippen molar-refractivity contribution >= 4 is 5.91 Å². The van der Waals surface area contributed by atoms with Gasteiger partial charge in [-0.1, -0.05) is 6.92 Å². The molecule has 1 aliphatic rings. The van der Waals surface area contributed by atoms with Crippen LogP contribution in [0.1, 0.15) is 13.3 Å². The van der Waals surface area contributed by atoms with Crippen molar-refractivity contribution in [1.82, 2.24) is 9.80 Å².